The molecule has 1 aromatic heterocycles. The standard InChI is InChI=1S/C16H19NO2/c1-2-14-11-16(18,7-9-19-14)13-5-6-15-12(10-13)4-3-8-17-15/h3-6,8,10,14,18H,2,7,9,11H2,1H3. The number of hydrogen-bond acceptors (Lipinski definition) is 3. The highest BCUT2D eigenvalue weighted by molar-refractivity contribution is 5.79. The van der Waals surface area contributed by atoms with Crippen LogP contribution < -0.4 is 0 Å². The maximum Gasteiger partial charge on any atom is 0.0943 e. The second-order valence-electron chi connectivity index (χ2n) is 5.30. The van der Waals surface area contributed by atoms with E-state index < -0.39 is 5.60 Å². The number of hydrogen-bond donors (Lipinski definition) is 1. The monoisotopic (exact) mass is 257 g/mol. The van der Waals surface area contributed by atoms with E-state index in [1.807, 2.05) is 24.3 Å². The number of aliphatic hydroxyl groups is 1. The third kappa shape index (κ3) is 2.36. The van der Waals surface area contributed by atoms with E-state index in [0.29, 0.717) is 19.4 Å². The first kappa shape index (κ1) is 12.6. The van der Waals surface area contributed by atoms with Gasteiger partial charge in [-0.05, 0) is 30.2 Å². The molecule has 0 radical (unpaired) electrons. The number of rotatable bonds is 2. The minimum absolute atomic E-state index is 0.156. The Morgan fingerprint density at radius 1 is 1.42 bits per heavy atom. The van der Waals surface area contributed by atoms with Gasteiger partial charge < -0.3 is 9.84 Å². The molecule has 2 unspecified atom stereocenters. The van der Waals surface area contributed by atoms with Gasteiger partial charge in [0, 0.05) is 24.4 Å². The normalized spacial score (nSPS) is 27.6. The number of ether oxygens (including phenoxy) is 1. The Labute approximate surface area is 113 Å². The summed E-state index contributed by atoms with van der Waals surface area (Å²) in [6.45, 7) is 2.72. The summed E-state index contributed by atoms with van der Waals surface area (Å²) in [7, 11) is 0. The van der Waals surface area contributed by atoms with Crippen molar-refractivity contribution in [1.29, 1.82) is 0 Å². The highest BCUT2D eigenvalue weighted by atomic mass is 16.5. The summed E-state index contributed by atoms with van der Waals surface area (Å²) in [5, 5.41) is 12.0. The molecule has 1 fully saturated rings. The summed E-state index contributed by atoms with van der Waals surface area (Å²) >= 11 is 0. The predicted molar refractivity (Wildman–Crippen MR) is 74.9 cm³/mol. The van der Waals surface area contributed by atoms with E-state index in [0.717, 1.165) is 22.9 Å². The molecule has 0 saturated carbocycles. The molecule has 2 aromatic rings. The molecule has 0 bridgehead atoms. The van der Waals surface area contributed by atoms with Crippen molar-refractivity contribution in [2.75, 3.05) is 6.61 Å². The van der Waals surface area contributed by atoms with Gasteiger partial charge in [-0.2, -0.15) is 0 Å². The van der Waals surface area contributed by atoms with Crippen molar-refractivity contribution in [3.63, 3.8) is 0 Å². The molecule has 2 atom stereocenters. The molecule has 0 amide bonds. The zero-order valence-corrected chi connectivity index (χ0v) is 11.2. The van der Waals surface area contributed by atoms with Gasteiger partial charge in [0.1, 0.15) is 0 Å². The average molecular weight is 257 g/mol. The topological polar surface area (TPSA) is 42.4 Å². The fourth-order valence-electron chi connectivity index (χ4n) is 2.82. The molecule has 0 spiro atoms. The van der Waals surface area contributed by atoms with Gasteiger partial charge in [-0.25, -0.2) is 0 Å². The number of aromatic nitrogens is 1. The molecule has 1 aliphatic rings. The fraction of sp³-hybridized carbons (Fsp3) is 0.438. The lowest BCUT2D eigenvalue weighted by molar-refractivity contribution is -0.108. The molecular formula is C16H19NO2. The van der Waals surface area contributed by atoms with Crippen LogP contribution in [-0.2, 0) is 10.3 Å². The third-order valence-electron chi connectivity index (χ3n) is 4.03. The lowest BCUT2D eigenvalue weighted by Crippen LogP contribution is -2.38. The fourth-order valence-corrected chi connectivity index (χ4v) is 2.82. The average Bonchev–Trinajstić information content (AvgIpc) is 2.46. The van der Waals surface area contributed by atoms with Crippen LogP contribution in [0.15, 0.2) is 36.5 Å². The van der Waals surface area contributed by atoms with Gasteiger partial charge in [-0.15, -0.1) is 0 Å². The lowest BCUT2D eigenvalue weighted by Gasteiger charge is -2.37. The van der Waals surface area contributed by atoms with Gasteiger partial charge in [0.05, 0.1) is 23.8 Å². The van der Waals surface area contributed by atoms with E-state index >= 15 is 0 Å². The summed E-state index contributed by atoms with van der Waals surface area (Å²) in [4.78, 5) is 4.31. The molecule has 1 saturated heterocycles. The second-order valence-corrected chi connectivity index (χ2v) is 5.30. The zero-order valence-electron chi connectivity index (χ0n) is 11.2. The van der Waals surface area contributed by atoms with Crippen molar-refractivity contribution in [1.82, 2.24) is 4.98 Å². The van der Waals surface area contributed by atoms with Gasteiger partial charge >= 0.3 is 0 Å². The number of nitrogens with zero attached hydrogens (tertiary/aromatic N) is 1. The van der Waals surface area contributed by atoms with Crippen molar-refractivity contribution >= 4 is 10.9 Å². The molecule has 3 heteroatoms. The SMILES string of the molecule is CCC1CC(O)(c2ccc3ncccc3c2)CCO1. The molecule has 1 aliphatic heterocycles. The van der Waals surface area contributed by atoms with E-state index in [9.17, 15) is 5.11 Å². The Morgan fingerprint density at radius 2 is 2.32 bits per heavy atom. The summed E-state index contributed by atoms with van der Waals surface area (Å²) in [5.41, 5.74) is 1.19. The van der Waals surface area contributed by atoms with Crippen LogP contribution in [0.4, 0.5) is 0 Å². The highest BCUT2D eigenvalue weighted by Gasteiger charge is 2.36. The Hall–Kier alpha value is -1.45. The van der Waals surface area contributed by atoms with E-state index in [1.165, 1.54) is 0 Å². The van der Waals surface area contributed by atoms with E-state index in [1.54, 1.807) is 6.20 Å². The van der Waals surface area contributed by atoms with Crippen molar-refractivity contribution < 1.29 is 9.84 Å². The summed E-state index contributed by atoms with van der Waals surface area (Å²) < 4.78 is 5.66. The predicted octanol–water partition coefficient (Wildman–Crippen LogP) is 3.01. The van der Waals surface area contributed by atoms with E-state index in [4.69, 9.17) is 4.74 Å². The Bertz CT molecular complexity index is 584. The Balaban J connectivity index is 1.98. The Kier molecular flexibility index (Phi) is 3.25. The smallest absolute Gasteiger partial charge is 0.0943 e. The quantitative estimate of drug-likeness (QED) is 0.899. The van der Waals surface area contributed by atoms with E-state index in [-0.39, 0.29) is 6.10 Å². The third-order valence-corrected chi connectivity index (χ3v) is 4.03. The maximum absolute atomic E-state index is 10.9. The molecule has 0 aliphatic carbocycles. The van der Waals surface area contributed by atoms with Crippen molar-refractivity contribution in [2.45, 2.75) is 37.9 Å². The minimum atomic E-state index is -0.761. The first-order valence-electron chi connectivity index (χ1n) is 6.90. The van der Waals surface area contributed by atoms with Gasteiger partial charge in [0.15, 0.2) is 0 Å². The molecular weight excluding hydrogens is 238 g/mol. The summed E-state index contributed by atoms with van der Waals surface area (Å²) in [6.07, 6.45) is 4.23. The molecule has 3 rings (SSSR count). The summed E-state index contributed by atoms with van der Waals surface area (Å²) in [5.74, 6) is 0. The van der Waals surface area contributed by atoms with Crippen LogP contribution in [0.25, 0.3) is 10.9 Å². The zero-order chi connectivity index (χ0) is 13.3. The van der Waals surface area contributed by atoms with Crippen LogP contribution in [-0.4, -0.2) is 22.8 Å². The van der Waals surface area contributed by atoms with E-state index in [2.05, 4.69) is 18.0 Å². The van der Waals surface area contributed by atoms with Crippen molar-refractivity contribution in [2.24, 2.45) is 0 Å². The molecule has 1 N–H and O–H groups in total. The largest absolute Gasteiger partial charge is 0.385 e. The second kappa shape index (κ2) is 4.91. The maximum atomic E-state index is 10.9. The van der Waals surface area contributed by atoms with Crippen molar-refractivity contribution in [3.05, 3.63) is 42.1 Å². The highest BCUT2D eigenvalue weighted by Crippen LogP contribution is 2.36. The molecule has 3 nitrogen and oxygen atoms in total. The van der Waals surface area contributed by atoms with Crippen LogP contribution in [0.1, 0.15) is 31.7 Å². The molecule has 2 heterocycles. The van der Waals surface area contributed by atoms with Crippen LogP contribution in [0.2, 0.25) is 0 Å². The first-order valence-corrected chi connectivity index (χ1v) is 6.90. The van der Waals surface area contributed by atoms with Crippen LogP contribution in [0.5, 0.6) is 0 Å². The Morgan fingerprint density at radius 3 is 3.16 bits per heavy atom. The van der Waals surface area contributed by atoms with Gasteiger partial charge in [0.25, 0.3) is 0 Å². The number of fused-ring (bicyclic) bond motifs is 1. The molecule has 1 aromatic carbocycles. The van der Waals surface area contributed by atoms with Crippen LogP contribution in [0.3, 0.4) is 0 Å². The molecule has 19 heavy (non-hydrogen) atoms. The van der Waals surface area contributed by atoms with Gasteiger partial charge in [-0.1, -0.05) is 19.1 Å². The van der Waals surface area contributed by atoms with Gasteiger partial charge in [-0.3, -0.25) is 4.98 Å². The summed E-state index contributed by atoms with van der Waals surface area (Å²) in [6, 6.07) is 9.99. The van der Waals surface area contributed by atoms with Gasteiger partial charge in [0.2, 0.25) is 0 Å². The van der Waals surface area contributed by atoms with Crippen molar-refractivity contribution in [3.8, 4) is 0 Å². The molecule has 100 valence electrons. The lowest BCUT2D eigenvalue weighted by atomic mass is 9.82. The first-order chi connectivity index (χ1) is 9.21. The number of benzene rings is 1. The van der Waals surface area contributed by atoms with Crippen LogP contribution >= 0.6 is 0 Å². The van der Waals surface area contributed by atoms with Crippen LogP contribution in [0, 0.1) is 0 Å². The minimum Gasteiger partial charge on any atom is -0.385 e. The number of pyridine rings is 1.